The zero-order valence-corrected chi connectivity index (χ0v) is 9.36. The first-order chi connectivity index (χ1) is 7.38. The molecule has 0 bridgehead atoms. The molecule has 2 unspecified atom stereocenters. The molecule has 3 nitrogen and oxygen atoms in total. The second-order valence-electron chi connectivity index (χ2n) is 4.86. The van der Waals surface area contributed by atoms with Gasteiger partial charge in [0.15, 0.2) is 0 Å². The number of rotatable bonds is 3. The third-order valence-electron chi connectivity index (χ3n) is 3.67. The van der Waals surface area contributed by atoms with Crippen LogP contribution < -0.4 is 0 Å². The molecule has 3 heteroatoms. The average Bonchev–Trinajstić information content (AvgIpc) is 2.31. The topological polar surface area (TPSA) is 38.7 Å². The largest absolute Gasteiger partial charge is 0.396 e. The highest BCUT2D eigenvalue weighted by atomic mass is 16.5. The average molecular weight is 214 g/mol. The smallest absolute Gasteiger partial charge is 0.0581 e. The molecule has 0 spiro atoms. The molecule has 0 aromatic carbocycles. The van der Waals surface area contributed by atoms with Crippen LogP contribution in [-0.2, 0) is 9.47 Å². The van der Waals surface area contributed by atoms with E-state index < -0.39 is 0 Å². The Morgan fingerprint density at radius 1 is 1.00 bits per heavy atom. The van der Waals surface area contributed by atoms with Crippen LogP contribution in [0, 0.1) is 11.8 Å². The van der Waals surface area contributed by atoms with Crippen molar-refractivity contribution < 1.29 is 14.6 Å². The summed E-state index contributed by atoms with van der Waals surface area (Å²) in [5, 5.41) is 9.14. The van der Waals surface area contributed by atoms with Crippen LogP contribution in [0.5, 0.6) is 0 Å². The third-order valence-corrected chi connectivity index (χ3v) is 3.67. The molecule has 2 rings (SSSR count). The summed E-state index contributed by atoms with van der Waals surface area (Å²) in [4.78, 5) is 0. The summed E-state index contributed by atoms with van der Waals surface area (Å²) in [7, 11) is 0. The van der Waals surface area contributed by atoms with Gasteiger partial charge in [-0.05, 0) is 43.9 Å². The molecule has 0 saturated carbocycles. The first kappa shape index (κ1) is 11.4. The van der Waals surface area contributed by atoms with Crippen molar-refractivity contribution >= 4 is 0 Å². The lowest BCUT2D eigenvalue weighted by Gasteiger charge is -2.32. The van der Waals surface area contributed by atoms with Crippen LogP contribution in [0.15, 0.2) is 0 Å². The first-order valence-corrected chi connectivity index (χ1v) is 6.18. The van der Waals surface area contributed by atoms with Gasteiger partial charge in [-0.1, -0.05) is 0 Å². The Labute approximate surface area is 91.8 Å². The first-order valence-electron chi connectivity index (χ1n) is 6.18. The normalized spacial score (nSPS) is 34.2. The fraction of sp³-hybridized carbons (Fsp3) is 1.00. The van der Waals surface area contributed by atoms with Crippen molar-refractivity contribution in [2.45, 2.75) is 38.2 Å². The molecule has 88 valence electrons. The molecule has 2 atom stereocenters. The van der Waals surface area contributed by atoms with E-state index in [9.17, 15) is 0 Å². The molecule has 0 aromatic rings. The van der Waals surface area contributed by atoms with Crippen LogP contribution in [0.25, 0.3) is 0 Å². The van der Waals surface area contributed by atoms with Crippen LogP contribution in [0.1, 0.15) is 32.1 Å². The van der Waals surface area contributed by atoms with Gasteiger partial charge in [0.05, 0.1) is 6.10 Å². The lowest BCUT2D eigenvalue weighted by molar-refractivity contribution is -0.0423. The minimum Gasteiger partial charge on any atom is -0.396 e. The molecule has 0 radical (unpaired) electrons. The van der Waals surface area contributed by atoms with Gasteiger partial charge in [-0.3, -0.25) is 0 Å². The minimum absolute atomic E-state index is 0.327. The van der Waals surface area contributed by atoms with Gasteiger partial charge in [0.25, 0.3) is 0 Å². The Hall–Kier alpha value is -0.120. The Morgan fingerprint density at radius 3 is 2.47 bits per heavy atom. The Bertz CT molecular complexity index is 178. The second-order valence-corrected chi connectivity index (χ2v) is 4.86. The van der Waals surface area contributed by atoms with E-state index in [1.165, 1.54) is 19.3 Å². The van der Waals surface area contributed by atoms with Crippen molar-refractivity contribution in [1.29, 1.82) is 0 Å². The summed E-state index contributed by atoms with van der Waals surface area (Å²) < 4.78 is 11.1. The second kappa shape index (κ2) is 5.83. The number of aliphatic hydroxyl groups is 1. The Morgan fingerprint density at radius 2 is 1.73 bits per heavy atom. The van der Waals surface area contributed by atoms with E-state index in [1.807, 2.05) is 0 Å². The van der Waals surface area contributed by atoms with Gasteiger partial charge in [0, 0.05) is 26.4 Å². The van der Waals surface area contributed by atoms with Crippen molar-refractivity contribution in [1.82, 2.24) is 0 Å². The van der Waals surface area contributed by atoms with E-state index in [0.717, 1.165) is 38.6 Å². The third kappa shape index (κ3) is 3.44. The molecule has 2 aliphatic heterocycles. The minimum atomic E-state index is 0.327. The Balaban J connectivity index is 1.72. The van der Waals surface area contributed by atoms with Crippen LogP contribution in [0.2, 0.25) is 0 Å². The molecular weight excluding hydrogens is 192 g/mol. The van der Waals surface area contributed by atoms with Gasteiger partial charge in [0.2, 0.25) is 0 Å². The van der Waals surface area contributed by atoms with E-state index in [-0.39, 0.29) is 0 Å². The van der Waals surface area contributed by atoms with Crippen molar-refractivity contribution in [2.75, 3.05) is 26.4 Å². The summed E-state index contributed by atoms with van der Waals surface area (Å²) >= 11 is 0. The predicted octanol–water partition coefficient (Wildman–Crippen LogP) is 1.59. The van der Waals surface area contributed by atoms with Crippen LogP contribution in [-0.4, -0.2) is 37.6 Å². The molecule has 15 heavy (non-hydrogen) atoms. The molecule has 2 heterocycles. The molecule has 0 amide bonds. The fourth-order valence-corrected chi connectivity index (χ4v) is 2.64. The van der Waals surface area contributed by atoms with Crippen LogP contribution in [0.3, 0.4) is 0 Å². The molecule has 2 fully saturated rings. The SMILES string of the molecule is OCC1CCOC(CC2CCOCC2)C1. The van der Waals surface area contributed by atoms with E-state index in [4.69, 9.17) is 14.6 Å². The van der Waals surface area contributed by atoms with E-state index >= 15 is 0 Å². The van der Waals surface area contributed by atoms with Gasteiger partial charge in [-0.25, -0.2) is 0 Å². The van der Waals surface area contributed by atoms with Crippen LogP contribution in [0.4, 0.5) is 0 Å². The summed E-state index contributed by atoms with van der Waals surface area (Å²) in [6.45, 7) is 2.99. The number of aliphatic hydroxyl groups excluding tert-OH is 1. The van der Waals surface area contributed by atoms with Gasteiger partial charge >= 0.3 is 0 Å². The zero-order valence-electron chi connectivity index (χ0n) is 9.36. The molecule has 1 N–H and O–H groups in total. The summed E-state index contributed by atoms with van der Waals surface area (Å²) in [5.41, 5.74) is 0. The highest BCUT2D eigenvalue weighted by molar-refractivity contribution is 4.75. The number of ether oxygens (including phenoxy) is 2. The fourth-order valence-electron chi connectivity index (χ4n) is 2.64. The maximum Gasteiger partial charge on any atom is 0.0581 e. The quantitative estimate of drug-likeness (QED) is 0.775. The maximum absolute atomic E-state index is 9.14. The van der Waals surface area contributed by atoms with E-state index in [1.54, 1.807) is 0 Å². The molecule has 0 aliphatic carbocycles. The van der Waals surface area contributed by atoms with Crippen LogP contribution >= 0.6 is 0 Å². The standard InChI is InChI=1S/C12H22O3/c13-9-11-3-6-15-12(8-11)7-10-1-4-14-5-2-10/h10-13H,1-9H2. The van der Waals surface area contributed by atoms with Gasteiger partial charge in [-0.15, -0.1) is 0 Å². The predicted molar refractivity (Wildman–Crippen MR) is 57.7 cm³/mol. The lowest BCUT2D eigenvalue weighted by atomic mass is 9.87. The van der Waals surface area contributed by atoms with Crippen molar-refractivity contribution in [3.05, 3.63) is 0 Å². The molecule has 0 aromatic heterocycles. The number of hydrogen-bond donors (Lipinski definition) is 1. The highest BCUT2D eigenvalue weighted by Crippen LogP contribution is 2.28. The van der Waals surface area contributed by atoms with Crippen molar-refractivity contribution in [2.24, 2.45) is 11.8 Å². The summed E-state index contributed by atoms with van der Waals surface area (Å²) in [5.74, 6) is 1.25. The van der Waals surface area contributed by atoms with Gasteiger partial charge in [0.1, 0.15) is 0 Å². The highest BCUT2D eigenvalue weighted by Gasteiger charge is 2.25. The molecular formula is C12H22O3. The lowest BCUT2D eigenvalue weighted by Crippen LogP contribution is -2.30. The zero-order chi connectivity index (χ0) is 10.5. The van der Waals surface area contributed by atoms with Gasteiger partial charge in [-0.2, -0.15) is 0 Å². The number of hydrogen-bond acceptors (Lipinski definition) is 3. The Kier molecular flexibility index (Phi) is 4.42. The maximum atomic E-state index is 9.14. The summed E-state index contributed by atoms with van der Waals surface area (Å²) in [6, 6.07) is 0. The van der Waals surface area contributed by atoms with Crippen molar-refractivity contribution in [3.8, 4) is 0 Å². The van der Waals surface area contributed by atoms with E-state index in [0.29, 0.717) is 18.6 Å². The van der Waals surface area contributed by atoms with E-state index in [2.05, 4.69) is 0 Å². The summed E-state index contributed by atoms with van der Waals surface area (Å²) in [6.07, 6.45) is 6.00. The molecule has 2 aliphatic rings. The van der Waals surface area contributed by atoms with Crippen molar-refractivity contribution in [3.63, 3.8) is 0 Å². The van der Waals surface area contributed by atoms with Gasteiger partial charge < -0.3 is 14.6 Å². The molecule has 2 saturated heterocycles. The monoisotopic (exact) mass is 214 g/mol.